The molecule has 196 valence electrons. The van der Waals surface area contributed by atoms with E-state index in [-0.39, 0.29) is 24.1 Å². The van der Waals surface area contributed by atoms with Gasteiger partial charge in [-0.25, -0.2) is 4.98 Å². The van der Waals surface area contributed by atoms with Crippen molar-refractivity contribution < 1.29 is 19.4 Å². The number of hydrogen-bond donors (Lipinski definition) is 1. The SMILES string of the molecule is CC.CC1=C/C[C@@H](/C(C)=C/c2csc(C)n2)OC(=O)CCC(C)(C)C(=O)[C@H](C)C(O)[C@@H](C)C\C=C\1. The second kappa shape index (κ2) is 14.5. The average molecular weight is 504 g/mol. The van der Waals surface area contributed by atoms with Crippen LogP contribution in [-0.2, 0) is 14.3 Å². The van der Waals surface area contributed by atoms with Crippen molar-refractivity contribution in [3.63, 3.8) is 0 Å². The maximum atomic E-state index is 13.1. The van der Waals surface area contributed by atoms with E-state index in [0.29, 0.717) is 19.3 Å². The van der Waals surface area contributed by atoms with Crippen molar-refractivity contribution >= 4 is 29.2 Å². The lowest BCUT2D eigenvalue weighted by Crippen LogP contribution is -2.39. The molecule has 1 aliphatic heterocycles. The van der Waals surface area contributed by atoms with Gasteiger partial charge in [0.2, 0.25) is 0 Å². The van der Waals surface area contributed by atoms with Crippen molar-refractivity contribution in [3.05, 3.63) is 45.5 Å². The minimum Gasteiger partial charge on any atom is -0.457 e. The van der Waals surface area contributed by atoms with Gasteiger partial charge in [-0.05, 0) is 51.2 Å². The minimum absolute atomic E-state index is 0.0201. The van der Waals surface area contributed by atoms with Crippen LogP contribution in [-0.4, -0.2) is 34.1 Å². The quantitative estimate of drug-likeness (QED) is 0.436. The molecule has 6 heteroatoms. The lowest BCUT2D eigenvalue weighted by atomic mass is 9.74. The topological polar surface area (TPSA) is 76.5 Å². The van der Waals surface area contributed by atoms with Crippen molar-refractivity contribution in [1.82, 2.24) is 4.98 Å². The number of nitrogens with zero attached hydrogens (tertiary/aromatic N) is 1. The van der Waals surface area contributed by atoms with E-state index in [1.807, 2.05) is 79.0 Å². The molecule has 0 aromatic carbocycles. The zero-order chi connectivity index (χ0) is 26.8. The summed E-state index contributed by atoms with van der Waals surface area (Å²) < 4.78 is 5.87. The van der Waals surface area contributed by atoms with Crippen LogP contribution in [0.1, 0.15) is 91.8 Å². The second-order valence-corrected chi connectivity index (χ2v) is 11.0. The predicted octanol–water partition coefficient (Wildman–Crippen LogP) is 7.10. The fourth-order valence-corrected chi connectivity index (χ4v) is 4.66. The molecule has 0 bridgehead atoms. The average Bonchev–Trinajstić information content (AvgIpc) is 3.23. The normalized spacial score (nSPS) is 29.3. The summed E-state index contributed by atoms with van der Waals surface area (Å²) in [6, 6.07) is 0. The molecule has 1 aliphatic rings. The zero-order valence-corrected chi connectivity index (χ0v) is 23.9. The van der Waals surface area contributed by atoms with E-state index in [9.17, 15) is 14.7 Å². The number of cyclic esters (lactones) is 1. The lowest BCUT2D eigenvalue weighted by molar-refractivity contribution is -0.148. The molecule has 1 N–H and O–H groups in total. The number of aromatic nitrogens is 1. The molecule has 2 rings (SSSR count). The molecule has 2 heterocycles. The smallest absolute Gasteiger partial charge is 0.306 e. The number of allylic oxidation sites excluding steroid dienone is 3. The van der Waals surface area contributed by atoms with Crippen LogP contribution < -0.4 is 0 Å². The number of carbonyl (C=O) groups is 2. The van der Waals surface area contributed by atoms with E-state index in [2.05, 4.69) is 11.1 Å². The first kappa shape index (κ1) is 31.0. The van der Waals surface area contributed by atoms with Crippen molar-refractivity contribution in [3.8, 4) is 0 Å². The number of aliphatic hydroxyl groups is 1. The Morgan fingerprint density at radius 1 is 1.20 bits per heavy atom. The molecule has 0 spiro atoms. The number of hydrogen-bond acceptors (Lipinski definition) is 6. The van der Waals surface area contributed by atoms with Gasteiger partial charge in [0, 0.05) is 29.6 Å². The number of rotatable bonds is 2. The van der Waals surface area contributed by atoms with Gasteiger partial charge in [-0.2, -0.15) is 0 Å². The van der Waals surface area contributed by atoms with Crippen LogP contribution in [0.3, 0.4) is 0 Å². The molecule has 0 radical (unpaired) electrons. The summed E-state index contributed by atoms with van der Waals surface area (Å²) in [5.74, 6) is -0.878. The Kier molecular flexibility index (Phi) is 12.8. The Labute approximate surface area is 216 Å². The molecule has 0 aliphatic carbocycles. The molecular weight excluding hydrogens is 458 g/mol. The molecule has 1 aromatic rings. The van der Waals surface area contributed by atoms with Gasteiger partial charge in [0.25, 0.3) is 0 Å². The van der Waals surface area contributed by atoms with Crippen molar-refractivity contribution in [2.24, 2.45) is 17.3 Å². The van der Waals surface area contributed by atoms with Crippen molar-refractivity contribution in [2.75, 3.05) is 0 Å². The van der Waals surface area contributed by atoms with Gasteiger partial charge < -0.3 is 9.84 Å². The van der Waals surface area contributed by atoms with Gasteiger partial charge in [-0.15, -0.1) is 11.3 Å². The number of ketones is 1. The van der Waals surface area contributed by atoms with Crippen LogP contribution in [0, 0.1) is 24.2 Å². The highest BCUT2D eigenvalue weighted by Crippen LogP contribution is 2.31. The molecule has 35 heavy (non-hydrogen) atoms. The highest BCUT2D eigenvalue weighted by Gasteiger charge is 2.36. The first-order chi connectivity index (χ1) is 16.4. The highest BCUT2D eigenvalue weighted by molar-refractivity contribution is 7.09. The number of carbonyl (C=O) groups excluding carboxylic acids is 2. The maximum absolute atomic E-state index is 13.1. The van der Waals surface area contributed by atoms with E-state index >= 15 is 0 Å². The van der Waals surface area contributed by atoms with E-state index in [4.69, 9.17) is 4.74 Å². The summed E-state index contributed by atoms with van der Waals surface area (Å²) in [7, 11) is 0. The third-order valence-electron chi connectivity index (χ3n) is 6.47. The lowest BCUT2D eigenvalue weighted by Gasteiger charge is -2.31. The summed E-state index contributed by atoms with van der Waals surface area (Å²) >= 11 is 1.59. The Morgan fingerprint density at radius 3 is 2.46 bits per heavy atom. The van der Waals surface area contributed by atoms with Crippen LogP contribution in [0.4, 0.5) is 0 Å². The molecule has 4 atom stereocenters. The molecule has 0 saturated heterocycles. The first-order valence-electron chi connectivity index (χ1n) is 12.8. The summed E-state index contributed by atoms with van der Waals surface area (Å²) in [6.07, 6.45) is 8.76. The van der Waals surface area contributed by atoms with Crippen molar-refractivity contribution in [1.29, 1.82) is 0 Å². The number of esters is 1. The first-order valence-corrected chi connectivity index (χ1v) is 13.6. The Morgan fingerprint density at radius 2 is 1.86 bits per heavy atom. The minimum atomic E-state index is -0.725. The molecule has 1 unspecified atom stereocenters. The molecule has 0 saturated carbocycles. The van der Waals surface area contributed by atoms with Crippen LogP contribution in [0.5, 0.6) is 0 Å². The van der Waals surface area contributed by atoms with Gasteiger partial charge in [-0.1, -0.05) is 65.3 Å². The van der Waals surface area contributed by atoms with Crippen LogP contribution in [0.25, 0.3) is 6.08 Å². The third-order valence-corrected chi connectivity index (χ3v) is 7.26. The number of aryl methyl sites for hydroxylation is 1. The summed E-state index contributed by atoms with van der Waals surface area (Å²) in [5.41, 5.74) is 2.14. The Bertz CT molecular complexity index is 925. The van der Waals surface area contributed by atoms with Crippen LogP contribution >= 0.6 is 11.3 Å². The van der Waals surface area contributed by atoms with E-state index in [1.165, 1.54) is 0 Å². The summed E-state index contributed by atoms with van der Waals surface area (Å²) in [6.45, 7) is 17.4. The molecular formula is C29H45NO4S. The number of aliphatic hydroxyl groups excluding tert-OH is 1. The van der Waals surface area contributed by atoms with E-state index in [1.54, 1.807) is 18.3 Å². The van der Waals surface area contributed by atoms with E-state index < -0.39 is 23.5 Å². The summed E-state index contributed by atoms with van der Waals surface area (Å²) in [5, 5.41) is 13.7. The molecule has 0 fully saturated rings. The van der Waals surface area contributed by atoms with Gasteiger partial charge >= 0.3 is 5.97 Å². The number of Topliss-reactive ketones (excluding diaryl/α,β-unsaturated/α-hetero) is 1. The monoisotopic (exact) mass is 503 g/mol. The standard InChI is InChI=1S/C27H39NO4S.C2H6/c1-17-9-8-10-18(2)25(30)20(4)26(31)27(6,7)14-13-24(29)32-23(12-11-17)19(3)15-22-16-33-21(5)28-22;1-2/h8-9,11,15-16,18,20,23,25,30H,10,12-14H2,1-7H3;1-2H3/b9-8+,17-11-,19-15+;/t18-,20+,23-,25?;/m0./s1. The summed E-state index contributed by atoms with van der Waals surface area (Å²) in [4.78, 5) is 30.3. The Hall–Kier alpha value is -2.05. The van der Waals surface area contributed by atoms with Gasteiger partial charge in [0.15, 0.2) is 0 Å². The van der Waals surface area contributed by atoms with Gasteiger partial charge in [0.1, 0.15) is 11.9 Å². The number of thiazole rings is 1. The molecule has 5 nitrogen and oxygen atoms in total. The molecule has 1 aromatic heterocycles. The fourth-order valence-electron chi connectivity index (χ4n) is 4.09. The van der Waals surface area contributed by atoms with Crippen LogP contribution in [0.15, 0.2) is 34.8 Å². The second-order valence-electron chi connectivity index (χ2n) is 9.98. The zero-order valence-electron chi connectivity index (χ0n) is 23.1. The Balaban J connectivity index is 0.00000298. The van der Waals surface area contributed by atoms with E-state index in [0.717, 1.165) is 21.8 Å². The molecule has 0 amide bonds. The number of ether oxygens (including phenoxy) is 1. The largest absolute Gasteiger partial charge is 0.457 e. The maximum Gasteiger partial charge on any atom is 0.306 e. The highest BCUT2D eigenvalue weighted by atomic mass is 32.1. The van der Waals surface area contributed by atoms with Crippen molar-refractivity contribution in [2.45, 2.75) is 100 Å². The van der Waals surface area contributed by atoms with Crippen LogP contribution in [0.2, 0.25) is 0 Å². The fraction of sp³-hybridized carbons (Fsp3) is 0.621. The van der Waals surface area contributed by atoms with Gasteiger partial charge in [0.05, 0.1) is 16.8 Å². The third kappa shape index (κ3) is 9.85. The van der Waals surface area contributed by atoms with Gasteiger partial charge in [-0.3, -0.25) is 9.59 Å². The predicted molar refractivity (Wildman–Crippen MR) is 146 cm³/mol.